The zero-order valence-electron chi connectivity index (χ0n) is 31.3. The summed E-state index contributed by atoms with van der Waals surface area (Å²) in [6.07, 6.45) is 0. The van der Waals surface area contributed by atoms with Gasteiger partial charge in [-0.2, -0.15) is 0 Å². The van der Waals surface area contributed by atoms with Crippen LogP contribution in [-0.2, 0) is 0 Å². The summed E-state index contributed by atoms with van der Waals surface area (Å²) in [5, 5.41) is 9.64. The number of hydrogen-bond donors (Lipinski definition) is 0. The third kappa shape index (κ3) is 4.93. The molecule has 0 amide bonds. The highest BCUT2D eigenvalue weighted by Gasteiger charge is 2.24. The summed E-state index contributed by atoms with van der Waals surface area (Å²) in [4.78, 5) is 15.4. The van der Waals surface area contributed by atoms with Crippen molar-refractivity contribution in [1.82, 2.24) is 24.1 Å². The summed E-state index contributed by atoms with van der Waals surface area (Å²) < 4.78 is 4.92. The molecule has 0 saturated carbocycles. The van der Waals surface area contributed by atoms with Gasteiger partial charge in [-0.15, -0.1) is 0 Å². The molecule has 270 valence electrons. The number of hydrogen-bond acceptors (Lipinski definition) is 3. The SMILES string of the molecule is c1ccc(-c2nc(-c3ccccc3)nc(-c3ccccc3-n3c4ccccc4c4c(-n5c6ccccc6c6cc7ccccc7cc65)c5ccccc5cc43)n2)cc1. The predicted octanol–water partition coefficient (Wildman–Crippen LogP) is 13.4. The first kappa shape index (κ1) is 32.4. The van der Waals surface area contributed by atoms with Gasteiger partial charge in [-0.05, 0) is 58.6 Å². The number of aromatic nitrogens is 5. The molecule has 0 atom stereocenters. The Bertz CT molecular complexity index is 3510. The molecule has 0 bridgehead atoms. The molecule has 5 nitrogen and oxygen atoms in total. The lowest BCUT2D eigenvalue weighted by Gasteiger charge is -2.17. The lowest BCUT2D eigenvalue weighted by atomic mass is 10.0. The van der Waals surface area contributed by atoms with Gasteiger partial charge in [-0.3, -0.25) is 0 Å². The van der Waals surface area contributed by atoms with E-state index in [0.717, 1.165) is 38.8 Å². The van der Waals surface area contributed by atoms with Crippen LogP contribution in [0, 0.1) is 0 Å². The van der Waals surface area contributed by atoms with Crippen molar-refractivity contribution in [3.05, 3.63) is 200 Å². The molecular weight excluding hydrogens is 707 g/mol. The summed E-state index contributed by atoms with van der Waals surface area (Å²) in [5.41, 5.74) is 9.52. The summed E-state index contributed by atoms with van der Waals surface area (Å²) >= 11 is 0. The Balaban J connectivity index is 1.20. The highest BCUT2D eigenvalue weighted by atomic mass is 15.1. The fourth-order valence-corrected chi connectivity index (χ4v) is 8.94. The van der Waals surface area contributed by atoms with Gasteiger partial charge in [0.25, 0.3) is 0 Å². The molecule has 0 spiro atoms. The maximum atomic E-state index is 5.19. The molecule has 0 fully saturated rings. The third-order valence-electron chi connectivity index (χ3n) is 11.5. The van der Waals surface area contributed by atoms with Crippen LogP contribution in [0.25, 0.3) is 111 Å². The lowest BCUT2D eigenvalue weighted by molar-refractivity contribution is 1.06. The standard InChI is InChI=1S/C53H33N5/c1-3-17-34(18-4-1)51-54-52(35-19-5-2-6-20-35)56-53(55-51)42-27-13-16-30-46(42)57-45-29-15-12-26-41(45)49-48(57)33-38-23-9-10-24-39(38)50(49)58-44-28-14-11-25-40(44)43-31-36-21-7-8-22-37(36)32-47(43)58/h1-33H. The zero-order valence-corrected chi connectivity index (χ0v) is 31.3. The normalized spacial score (nSPS) is 11.8. The van der Waals surface area contributed by atoms with Crippen molar-refractivity contribution in [3.8, 4) is 45.5 Å². The quantitative estimate of drug-likeness (QED) is 0.177. The van der Waals surface area contributed by atoms with Crippen LogP contribution in [-0.4, -0.2) is 24.1 Å². The van der Waals surface area contributed by atoms with E-state index in [9.17, 15) is 0 Å². The molecule has 5 heteroatoms. The first-order chi connectivity index (χ1) is 28.8. The largest absolute Gasteiger partial charge is 0.308 e. The van der Waals surface area contributed by atoms with E-state index in [4.69, 9.17) is 15.0 Å². The molecule has 9 aromatic carbocycles. The van der Waals surface area contributed by atoms with Crippen molar-refractivity contribution in [2.24, 2.45) is 0 Å². The Kier molecular flexibility index (Phi) is 7.16. The van der Waals surface area contributed by atoms with Crippen molar-refractivity contribution in [2.45, 2.75) is 0 Å². The third-order valence-corrected chi connectivity index (χ3v) is 11.5. The number of benzene rings is 9. The minimum absolute atomic E-state index is 0.615. The molecule has 0 aliphatic carbocycles. The van der Waals surface area contributed by atoms with Crippen LogP contribution in [0.15, 0.2) is 200 Å². The minimum Gasteiger partial charge on any atom is -0.308 e. The van der Waals surface area contributed by atoms with Crippen molar-refractivity contribution in [1.29, 1.82) is 0 Å². The fourth-order valence-electron chi connectivity index (χ4n) is 8.94. The van der Waals surface area contributed by atoms with E-state index in [2.05, 4.69) is 173 Å². The van der Waals surface area contributed by atoms with Gasteiger partial charge in [-0.25, -0.2) is 15.0 Å². The van der Waals surface area contributed by atoms with Crippen LogP contribution >= 0.6 is 0 Å². The van der Waals surface area contributed by atoms with Crippen molar-refractivity contribution < 1.29 is 0 Å². The molecule has 0 aliphatic heterocycles. The molecule has 0 aliphatic rings. The van der Waals surface area contributed by atoms with Gasteiger partial charge in [0.1, 0.15) is 0 Å². The summed E-state index contributed by atoms with van der Waals surface area (Å²) in [7, 11) is 0. The fraction of sp³-hybridized carbons (Fsp3) is 0. The van der Waals surface area contributed by atoms with Gasteiger partial charge in [0, 0.05) is 43.6 Å². The molecule has 12 aromatic rings. The molecular formula is C53H33N5. The molecule has 0 unspecified atom stereocenters. The van der Waals surface area contributed by atoms with Gasteiger partial charge >= 0.3 is 0 Å². The van der Waals surface area contributed by atoms with Crippen LogP contribution in [0.1, 0.15) is 0 Å². The van der Waals surface area contributed by atoms with E-state index >= 15 is 0 Å². The van der Waals surface area contributed by atoms with Crippen LogP contribution in [0.3, 0.4) is 0 Å². The number of fused-ring (bicyclic) bond motifs is 8. The average Bonchev–Trinajstić information content (AvgIpc) is 3.79. The van der Waals surface area contributed by atoms with E-state index in [1.807, 2.05) is 36.4 Å². The van der Waals surface area contributed by atoms with Gasteiger partial charge in [0.05, 0.1) is 33.4 Å². The molecule has 3 heterocycles. The maximum Gasteiger partial charge on any atom is 0.166 e. The van der Waals surface area contributed by atoms with Gasteiger partial charge in [0.2, 0.25) is 0 Å². The van der Waals surface area contributed by atoms with E-state index in [1.54, 1.807) is 0 Å². The zero-order chi connectivity index (χ0) is 38.2. The number of para-hydroxylation sites is 3. The van der Waals surface area contributed by atoms with Gasteiger partial charge in [-0.1, -0.05) is 158 Å². The molecule has 12 rings (SSSR count). The molecule has 0 saturated heterocycles. The second-order valence-corrected chi connectivity index (χ2v) is 14.8. The minimum atomic E-state index is 0.615. The average molecular weight is 740 g/mol. The monoisotopic (exact) mass is 739 g/mol. The van der Waals surface area contributed by atoms with Crippen LogP contribution < -0.4 is 0 Å². The van der Waals surface area contributed by atoms with Crippen molar-refractivity contribution >= 4 is 65.2 Å². The van der Waals surface area contributed by atoms with Gasteiger partial charge in [0.15, 0.2) is 17.5 Å². The van der Waals surface area contributed by atoms with Crippen molar-refractivity contribution in [2.75, 3.05) is 0 Å². The molecule has 0 radical (unpaired) electrons. The van der Waals surface area contributed by atoms with Gasteiger partial charge < -0.3 is 9.13 Å². The highest BCUT2D eigenvalue weighted by molar-refractivity contribution is 6.23. The summed E-state index contributed by atoms with van der Waals surface area (Å²) in [5.74, 6) is 1.88. The molecule has 3 aromatic heterocycles. The highest BCUT2D eigenvalue weighted by Crippen LogP contribution is 2.45. The second kappa shape index (κ2) is 12.8. The second-order valence-electron chi connectivity index (χ2n) is 14.8. The summed E-state index contributed by atoms with van der Waals surface area (Å²) in [6.45, 7) is 0. The van der Waals surface area contributed by atoms with E-state index in [-0.39, 0.29) is 0 Å². The van der Waals surface area contributed by atoms with E-state index < -0.39 is 0 Å². The lowest BCUT2D eigenvalue weighted by Crippen LogP contribution is -2.03. The Labute approximate surface area is 333 Å². The number of nitrogens with zero attached hydrogens (tertiary/aromatic N) is 5. The van der Waals surface area contributed by atoms with E-state index in [1.165, 1.54) is 54.4 Å². The summed E-state index contributed by atoms with van der Waals surface area (Å²) in [6, 6.07) is 71.0. The Hall–Kier alpha value is -7.89. The van der Waals surface area contributed by atoms with Crippen LogP contribution in [0.5, 0.6) is 0 Å². The van der Waals surface area contributed by atoms with Crippen LogP contribution in [0.2, 0.25) is 0 Å². The number of rotatable bonds is 5. The first-order valence-corrected chi connectivity index (χ1v) is 19.6. The molecule has 0 N–H and O–H groups in total. The Morgan fingerprint density at radius 1 is 0.310 bits per heavy atom. The maximum absolute atomic E-state index is 5.19. The Morgan fingerprint density at radius 2 is 0.810 bits per heavy atom. The van der Waals surface area contributed by atoms with Crippen molar-refractivity contribution in [3.63, 3.8) is 0 Å². The van der Waals surface area contributed by atoms with E-state index in [0.29, 0.717) is 17.5 Å². The Morgan fingerprint density at radius 3 is 1.52 bits per heavy atom. The predicted molar refractivity (Wildman–Crippen MR) is 240 cm³/mol. The molecule has 58 heavy (non-hydrogen) atoms. The smallest absolute Gasteiger partial charge is 0.166 e. The topological polar surface area (TPSA) is 48.5 Å². The van der Waals surface area contributed by atoms with Crippen LogP contribution in [0.4, 0.5) is 0 Å². The first-order valence-electron chi connectivity index (χ1n) is 19.6.